The molecule has 2 aromatic rings. The van der Waals surface area contributed by atoms with Gasteiger partial charge in [-0.25, -0.2) is 0 Å². The fraction of sp³-hybridized carbons (Fsp3) is 0.670. The number of nitrogens with one attached hydrogen (secondary N) is 20. The molecule has 2 rings (SSSR count). The van der Waals surface area contributed by atoms with E-state index in [2.05, 4.69) is 106 Å². The lowest BCUT2D eigenvalue weighted by molar-refractivity contribution is -0.138. The van der Waals surface area contributed by atoms with Crippen LogP contribution >= 0.6 is 0 Å². The number of benzene rings is 1. The molecule has 828 valence electrons. The Balaban J connectivity index is 2.34. The molecule has 0 saturated carbocycles. The van der Waals surface area contributed by atoms with E-state index in [-0.39, 0.29) is 70.9 Å². The monoisotopic (exact) mass is 2090 g/mol. The van der Waals surface area contributed by atoms with Gasteiger partial charge in [0.05, 0.1) is 57.7 Å². The third-order valence-electron chi connectivity index (χ3n) is 23.1. The lowest BCUT2D eigenvalue weighted by Gasteiger charge is -2.30. The molecule has 0 fully saturated rings. The first kappa shape index (κ1) is 130. The molecule has 22 atom stereocenters. The highest BCUT2D eigenvalue weighted by molar-refractivity contribution is 6.03. The van der Waals surface area contributed by atoms with E-state index in [0.717, 1.165) is 20.8 Å². The molecular weight excluding hydrogens is 1940 g/mol. The van der Waals surface area contributed by atoms with Crippen molar-refractivity contribution in [1.29, 1.82) is 0 Å². The number of carbonyl (C=O) groups excluding carboxylic acids is 22. The van der Waals surface area contributed by atoms with Crippen molar-refractivity contribution in [2.75, 3.05) is 52.7 Å². The summed E-state index contributed by atoms with van der Waals surface area (Å²) in [4.78, 5) is 303. The molecule has 1 aromatic heterocycles. The molecule has 0 aliphatic rings. The number of aliphatic hydroxyl groups is 7. The summed E-state index contributed by atoms with van der Waals surface area (Å²) < 4.78 is 0. The van der Waals surface area contributed by atoms with Crippen LogP contribution in [0.3, 0.4) is 0 Å². The molecule has 147 heavy (non-hydrogen) atoms. The average molecular weight is 2090 g/mol. The molecule has 22 amide bonds. The Morgan fingerprint density at radius 1 is 0.299 bits per heavy atom. The van der Waals surface area contributed by atoms with Gasteiger partial charge in [0.15, 0.2) is 0 Å². The van der Waals surface area contributed by atoms with Gasteiger partial charge < -0.3 is 182 Å². The lowest BCUT2D eigenvalue weighted by Crippen LogP contribution is -2.63. The van der Waals surface area contributed by atoms with Gasteiger partial charge in [-0.15, -0.1) is 0 Å². The van der Waals surface area contributed by atoms with Crippen LogP contribution in [0, 0.1) is 23.7 Å². The van der Waals surface area contributed by atoms with Crippen molar-refractivity contribution in [2.45, 2.75) is 313 Å². The minimum atomic E-state index is -2.03. The van der Waals surface area contributed by atoms with Crippen LogP contribution in [0.4, 0.5) is 0 Å². The zero-order valence-electron chi connectivity index (χ0n) is 85.1. The van der Waals surface area contributed by atoms with Crippen LogP contribution in [0.15, 0.2) is 30.5 Å². The number of fused-ring (bicyclic) bond motifs is 1. The van der Waals surface area contributed by atoms with Gasteiger partial charge in [-0.1, -0.05) is 80.0 Å². The third-order valence-corrected chi connectivity index (χ3v) is 23.1. The molecule has 0 aliphatic heterocycles. The number of aliphatic hydroxyl groups excluding tert-OH is 7. The van der Waals surface area contributed by atoms with Gasteiger partial charge in [-0.05, 0) is 154 Å². The van der Waals surface area contributed by atoms with E-state index < -0.39 is 333 Å². The highest BCUT2D eigenvalue weighted by atomic mass is 16.3. The zero-order valence-corrected chi connectivity index (χ0v) is 85.1. The molecule has 1 heterocycles. The van der Waals surface area contributed by atoms with Crippen molar-refractivity contribution in [1.82, 2.24) is 106 Å². The maximum Gasteiger partial charge on any atom is 0.245 e. The highest BCUT2D eigenvalue weighted by Gasteiger charge is 2.42. The normalized spacial score (nSPS) is 15.9. The Morgan fingerprint density at radius 2 is 0.585 bits per heavy atom. The van der Waals surface area contributed by atoms with Crippen molar-refractivity contribution in [3.8, 4) is 0 Å². The predicted molar refractivity (Wildman–Crippen MR) is 527 cm³/mol. The lowest BCUT2D eigenvalue weighted by atomic mass is 9.99. The van der Waals surface area contributed by atoms with Crippen molar-refractivity contribution >= 4 is 141 Å². The first-order valence-electron chi connectivity index (χ1n) is 48.5. The summed E-state index contributed by atoms with van der Waals surface area (Å²) in [6, 6.07) is -26.2. The maximum absolute atomic E-state index is 14.6. The largest absolute Gasteiger partial charge is 0.394 e. The fourth-order valence-corrected chi connectivity index (χ4v) is 14.4. The number of para-hydroxylation sites is 1. The Bertz CT molecular complexity index is 4750. The first-order chi connectivity index (χ1) is 69.0. The summed E-state index contributed by atoms with van der Waals surface area (Å²) in [5.74, 6) is -26.8. The molecule has 41 N–H and O–H groups in total. The molecule has 0 saturated heterocycles. The minimum Gasteiger partial charge on any atom is -0.394 e. The Labute approximate surface area is 850 Å². The van der Waals surface area contributed by atoms with Crippen LogP contribution < -0.4 is 141 Å². The summed E-state index contributed by atoms with van der Waals surface area (Å²) in [6.07, 6.45) is -2.36. The quantitative estimate of drug-likeness (QED) is 0.0274. The van der Waals surface area contributed by atoms with E-state index in [9.17, 15) is 141 Å². The van der Waals surface area contributed by atoms with E-state index in [0.29, 0.717) is 42.3 Å². The standard InChI is InChI=1S/C91H155N27O29/c1-41(2)32-57(79(135)111-62(38-121)83(139)104-55(25-17-20-30-93)77(133)101-46(10)73(129)106-58(33-50-35-99-53-24-15-14-22-51(50)53)81(137)117-71(49(13)125)91(147)108-59(34-66(97)127)80(136)112-61(37-120)82(138)103-54(72(98)128)27-28-65(96)126)107-84(140)60(36-119)109-75(131)47(11)102-90(146)70(48(12)124)118-89(145)69(44(7)8)114-78(134)56(26-18-21-31-94)105-87(143)67(42(3)4)115-86(142)64(40-123)113-88(144)68(43(5)6)116-85(141)63(39-122)110-74(130)45(9)100-76(132)52(95)23-16-19-29-92/h14-15,22,24,35,41-49,52,54-64,67-71,99,119-125H,16-21,23,25-34,36-40,92-95H2,1-13H3,(H2,96,126)(H2,97,127)(H2,98,128)(H,100,132)(H,101,133)(H,102,146)(H,103,138)(H,104,139)(H,105,143)(H,106,129)(H,107,140)(H,108,147)(H,109,131)(H,110,130)(H,111,135)(H,112,136)(H,113,144)(H,114,134)(H,115,142)(H,116,141)(H,117,137)(H,118,145)/t45-,46-,47-,48+,49+,52-,54-,55-,56-,57-,58-,59-,60-,61-,62-,63-,64-,67-,68-,69-,70-,71-/m0/s1. The van der Waals surface area contributed by atoms with Crippen LogP contribution in [0.5, 0.6) is 0 Å². The Morgan fingerprint density at radius 3 is 0.973 bits per heavy atom. The molecule has 0 bridgehead atoms. The van der Waals surface area contributed by atoms with Crippen molar-refractivity contribution in [2.24, 2.45) is 63.8 Å². The van der Waals surface area contributed by atoms with Gasteiger partial charge in [0.1, 0.15) is 115 Å². The number of carbonyl (C=O) groups is 22. The second-order valence-electron chi connectivity index (χ2n) is 37.2. The third kappa shape index (κ3) is 44.9. The average Bonchev–Trinajstić information content (AvgIpc) is 1.71. The second-order valence-corrected chi connectivity index (χ2v) is 37.2. The van der Waals surface area contributed by atoms with E-state index >= 15 is 0 Å². The van der Waals surface area contributed by atoms with Gasteiger partial charge in [0.2, 0.25) is 130 Å². The van der Waals surface area contributed by atoms with E-state index in [4.69, 9.17) is 40.1 Å². The Hall–Kier alpha value is -13.3. The number of nitrogens with two attached hydrogens (primary N) is 7. The smallest absolute Gasteiger partial charge is 0.245 e. The number of hydrogen-bond donors (Lipinski definition) is 34. The van der Waals surface area contributed by atoms with Crippen molar-refractivity contribution < 1.29 is 141 Å². The summed E-state index contributed by atoms with van der Waals surface area (Å²) in [6.45, 7) is 13.1. The molecule has 0 unspecified atom stereocenters. The number of hydrogen-bond acceptors (Lipinski definition) is 33. The first-order valence-corrected chi connectivity index (χ1v) is 48.5. The van der Waals surface area contributed by atoms with Crippen LogP contribution in [0.1, 0.15) is 179 Å². The second kappa shape index (κ2) is 66.0. The minimum absolute atomic E-state index is 0.0936. The number of aromatic amines is 1. The van der Waals surface area contributed by atoms with Gasteiger partial charge in [-0.2, -0.15) is 0 Å². The van der Waals surface area contributed by atoms with Gasteiger partial charge >= 0.3 is 0 Å². The van der Waals surface area contributed by atoms with Crippen LogP contribution in [0.2, 0.25) is 0 Å². The SMILES string of the molecule is CC(C)C[C@H](NC(=O)[C@H](CO)NC(=O)[C@H](C)NC(=O)[C@@H](NC(=O)[C@@H](NC(=O)[C@H](CCCCN)NC(=O)[C@@H](NC(=O)[C@H](CO)NC(=O)[C@@H](NC(=O)[C@H](CO)NC(=O)[C@H](C)NC(=O)[C@@H](N)CCCCN)C(C)C)C(C)C)C(C)C)[C@@H](C)O)C(=O)N[C@@H](CO)C(=O)N[C@@H](CCCCN)C(=O)N[C@@H](C)C(=O)N[C@@H](Cc1c[nH]c2ccccc12)C(=O)N[C@H](C(=O)N[C@@H](CC(N)=O)C(=O)N[C@@H](CO)C(=O)N[C@@H](CCC(N)=O)C(N)=O)[C@@H](C)O. The summed E-state index contributed by atoms with van der Waals surface area (Å²) in [5, 5.41) is 119. The molecule has 56 nitrogen and oxygen atoms in total. The van der Waals surface area contributed by atoms with Crippen molar-refractivity contribution in [3.63, 3.8) is 0 Å². The van der Waals surface area contributed by atoms with Crippen LogP contribution in [0.25, 0.3) is 10.9 Å². The van der Waals surface area contributed by atoms with Gasteiger partial charge in [0.25, 0.3) is 0 Å². The maximum atomic E-state index is 14.6. The summed E-state index contributed by atoms with van der Waals surface area (Å²) in [7, 11) is 0. The molecular formula is C91H155N27O29. The topological polar surface area (TPSA) is 944 Å². The number of H-pyrrole nitrogens is 1. The van der Waals surface area contributed by atoms with Gasteiger partial charge in [-0.3, -0.25) is 105 Å². The highest BCUT2D eigenvalue weighted by Crippen LogP contribution is 2.21. The van der Waals surface area contributed by atoms with Crippen molar-refractivity contribution in [3.05, 3.63) is 36.0 Å². The van der Waals surface area contributed by atoms with Crippen LogP contribution in [-0.2, 0) is 112 Å². The number of unbranched alkanes of at least 4 members (excludes halogenated alkanes) is 3. The fourth-order valence-electron chi connectivity index (χ4n) is 14.4. The van der Waals surface area contributed by atoms with Crippen LogP contribution in [-0.4, -0.2) is 356 Å². The number of rotatable bonds is 70. The molecule has 0 spiro atoms. The molecule has 0 radical (unpaired) electrons. The number of amides is 22. The summed E-state index contributed by atoms with van der Waals surface area (Å²) in [5.41, 5.74) is 39.8. The zero-order chi connectivity index (χ0) is 112. The number of primary amides is 3. The predicted octanol–water partition coefficient (Wildman–Crippen LogP) is -13.9. The molecule has 1 aromatic carbocycles. The molecule has 0 aliphatic carbocycles. The molecule has 56 heteroatoms. The van der Waals surface area contributed by atoms with E-state index in [1.807, 2.05) is 0 Å². The van der Waals surface area contributed by atoms with Gasteiger partial charge in [0, 0.05) is 29.9 Å². The number of aromatic nitrogens is 1. The summed E-state index contributed by atoms with van der Waals surface area (Å²) >= 11 is 0. The Kier molecular flexibility index (Phi) is 58.2. The van der Waals surface area contributed by atoms with E-state index in [1.54, 1.807) is 38.1 Å². The van der Waals surface area contributed by atoms with E-state index in [1.165, 1.54) is 61.6 Å².